The maximum absolute atomic E-state index is 5.94. The molecule has 21 heavy (non-hydrogen) atoms. The summed E-state index contributed by atoms with van der Waals surface area (Å²) in [6.45, 7) is 0. The number of rotatable bonds is 2. The summed E-state index contributed by atoms with van der Waals surface area (Å²) in [7, 11) is 0. The number of halogens is 1. The number of pyridine rings is 1. The molecule has 106 valence electrons. The van der Waals surface area contributed by atoms with Gasteiger partial charge in [-0.3, -0.25) is 4.98 Å². The minimum atomic E-state index is -0.00465. The fourth-order valence-electron chi connectivity index (χ4n) is 2.37. The molecule has 4 nitrogen and oxygen atoms in total. The zero-order valence-electron chi connectivity index (χ0n) is 11.1. The Morgan fingerprint density at radius 3 is 2.67 bits per heavy atom. The van der Waals surface area contributed by atoms with Crippen molar-refractivity contribution in [2.24, 2.45) is 10.8 Å². The molecule has 0 amide bonds. The highest BCUT2D eigenvalue weighted by molar-refractivity contribution is 7.80. The van der Waals surface area contributed by atoms with Gasteiger partial charge >= 0.3 is 0 Å². The van der Waals surface area contributed by atoms with E-state index in [9.17, 15) is 0 Å². The second kappa shape index (κ2) is 5.79. The van der Waals surface area contributed by atoms with Crippen molar-refractivity contribution in [3.63, 3.8) is 0 Å². The lowest BCUT2D eigenvalue weighted by molar-refractivity contribution is 0.373. The number of nitrogens with two attached hydrogens (primary N) is 1. The van der Waals surface area contributed by atoms with Crippen LogP contribution >= 0.6 is 23.8 Å². The Bertz CT molecular complexity index is 685. The van der Waals surface area contributed by atoms with Crippen molar-refractivity contribution in [2.45, 2.75) is 12.5 Å². The lowest BCUT2D eigenvalue weighted by Crippen LogP contribution is -2.31. The van der Waals surface area contributed by atoms with Crippen LogP contribution in [-0.2, 0) is 0 Å². The Morgan fingerprint density at radius 1 is 1.29 bits per heavy atom. The smallest absolute Gasteiger partial charge is 0.187 e. The third-order valence-electron chi connectivity index (χ3n) is 3.39. The molecule has 2 N–H and O–H groups in total. The summed E-state index contributed by atoms with van der Waals surface area (Å²) < 4.78 is 0. The van der Waals surface area contributed by atoms with E-state index in [1.54, 1.807) is 17.4 Å². The molecule has 2 aromatic rings. The Labute approximate surface area is 133 Å². The predicted molar refractivity (Wildman–Crippen MR) is 88.2 cm³/mol. The number of hydrogen-bond donors (Lipinski definition) is 1. The first-order valence-electron chi connectivity index (χ1n) is 6.47. The van der Waals surface area contributed by atoms with Crippen molar-refractivity contribution >= 4 is 34.6 Å². The van der Waals surface area contributed by atoms with Crippen LogP contribution < -0.4 is 5.73 Å². The zero-order valence-corrected chi connectivity index (χ0v) is 12.7. The average Bonchev–Trinajstić information content (AvgIpc) is 2.94. The van der Waals surface area contributed by atoms with E-state index in [2.05, 4.69) is 10.1 Å². The van der Waals surface area contributed by atoms with Crippen LogP contribution in [0, 0.1) is 0 Å². The molecule has 3 rings (SSSR count). The largest absolute Gasteiger partial charge is 0.375 e. The van der Waals surface area contributed by atoms with Gasteiger partial charge in [0.1, 0.15) is 0 Å². The first-order chi connectivity index (χ1) is 10.1. The van der Waals surface area contributed by atoms with Gasteiger partial charge in [0, 0.05) is 29.4 Å². The highest BCUT2D eigenvalue weighted by atomic mass is 35.5. The number of hydrazone groups is 1. The van der Waals surface area contributed by atoms with Crippen molar-refractivity contribution < 1.29 is 0 Å². The van der Waals surface area contributed by atoms with Crippen molar-refractivity contribution in [3.05, 3.63) is 64.9 Å². The predicted octanol–water partition coefficient (Wildman–Crippen LogP) is 3.13. The van der Waals surface area contributed by atoms with Crippen LogP contribution in [0.25, 0.3) is 0 Å². The van der Waals surface area contributed by atoms with E-state index < -0.39 is 0 Å². The lowest BCUT2D eigenvalue weighted by atomic mass is 9.99. The highest BCUT2D eigenvalue weighted by Crippen LogP contribution is 2.32. The van der Waals surface area contributed by atoms with Gasteiger partial charge in [-0.25, -0.2) is 5.01 Å². The molecule has 0 saturated carbocycles. The van der Waals surface area contributed by atoms with Gasteiger partial charge in [-0.1, -0.05) is 29.8 Å². The molecule has 1 aliphatic heterocycles. The molecular weight excluding hydrogens is 304 g/mol. The fraction of sp³-hybridized carbons (Fsp3) is 0.133. The molecule has 1 aromatic heterocycles. The minimum Gasteiger partial charge on any atom is -0.375 e. The third-order valence-corrected chi connectivity index (χ3v) is 3.82. The Kier molecular flexibility index (Phi) is 3.86. The number of nitrogens with zero attached hydrogens (tertiary/aromatic N) is 3. The number of hydrogen-bond acceptors (Lipinski definition) is 3. The highest BCUT2D eigenvalue weighted by Gasteiger charge is 2.30. The molecule has 0 bridgehead atoms. The summed E-state index contributed by atoms with van der Waals surface area (Å²) in [5.74, 6) is 0. The molecule has 6 heteroatoms. The van der Waals surface area contributed by atoms with E-state index in [-0.39, 0.29) is 11.2 Å². The van der Waals surface area contributed by atoms with Crippen molar-refractivity contribution in [1.82, 2.24) is 9.99 Å². The third kappa shape index (κ3) is 2.89. The molecule has 1 unspecified atom stereocenters. The van der Waals surface area contributed by atoms with E-state index >= 15 is 0 Å². The molecule has 1 aliphatic rings. The Hall–Kier alpha value is -1.98. The van der Waals surface area contributed by atoms with Gasteiger partial charge in [0.15, 0.2) is 5.11 Å². The van der Waals surface area contributed by atoms with E-state index in [1.165, 1.54) is 0 Å². The second-order valence-corrected chi connectivity index (χ2v) is 5.60. The molecule has 2 heterocycles. The number of thiocarbonyl (C=S) groups is 1. The normalized spacial score (nSPS) is 17.7. The summed E-state index contributed by atoms with van der Waals surface area (Å²) in [4.78, 5) is 4.13. The van der Waals surface area contributed by atoms with Crippen molar-refractivity contribution in [3.8, 4) is 0 Å². The Balaban J connectivity index is 1.93. The maximum atomic E-state index is 5.94. The monoisotopic (exact) mass is 316 g/mol. The van der Waals surface area contributed by atoms with Gasteiger partial charge in [0.2, 0.25) is 0 Å². The van der Waals surface area contributed by atoms with Crippen molar-refractivity contribution in [1.29, 1.82) is 0 Å². The van der Waals surface area contributed by atoms with Gasteiger partial charge < -0.3 is 5.73 Å². The maximum Gasteiger partial charge on any atom is 0.187 e. The van der Waals surface area contributed by atoms with Gasteiger partial charge in [0.25, 0.3) is 0 Å². The standard InChI is InChI=1S/C15H13ClN4S/c16-12-5-3-10(4-6-12)14-8-13(19-20(14)15(17)21)11-2-1-7-18-9-11/h1-7,9,14H,8H2,(H2,17,21). The quantitative estimate of drug-likeness (QED) is 0.865. The van der Waals surface area contributed by atoms with Gasteiger partial charge in [-0.15, -0.1) is 0 Å². The Morgan fingerprint density at radius 2 is 2.05 bits per heavy atom. The molecule has 1 aromatic carbocycles. The first-order valence-corrected chi connectivity index (χ1v) is 7.26. The van der Waals surface area contributed by atoms with Crippen LogP contribution in [0.4, 0.5) is 0 Å². The fourth-order valence-corrected chi connectivity index (χ4v) is 2.66. The number of aromatic nitrogens is 1. The molecular formula is C15H13ClN4S. The van der Waals surface area contributed by atoms with Crippen molar-refractivity contribution in [2.75, 3.05) is 0 Å². The van der Waals surface area contributed by atoms with Gasteiger partial charge in [-0.2, -0.15) is 5.10 Å². The minimum absolute atomic E-state index is 0.00465. The van der Waals surface area contributed by atoms with Crippen LogP contribution in [0.5, 0.6) is 0 Å². The summed E-state index contributed by atoms with van der Waals surface area (Å²) in [6.07, 6.45) is 4.26. The van der Waals surface area contributed by atoms with Gasteiger partial charge in [-0.05, 0) is 36.0 Å². The van der Waals surface area contributed by atoms with Crippen LogP contribution in [0.2, 0.25) is 5.02 Å². The van der Waals surface area contributed by atoms with E-state index in [4.69, 9.17) is 29.6 Å². The molecule has 0 spiro atoms. The van der Waals surface area contributed by atoms with Crippen LogP contribution in [0.15, 0.2) is 53.9 Å². The first kappa shape index (κ1) is 14.0. The van der Waals surface area contributed by atoms with Crippen LogP contribution in [0.1, 0.15) is 23.6 Å². The molecule has 0 aliphatic carbocycles. The number of benzene rings is 1. The van der Waals surface area contributed by atoms with E-state index in [0.717, 1.165) is 23.3 Å². The topological polar surface area (TPSA) is 54.5 Å². The lowest BCUT2D eigenvalue weighted by Gasteiger charge is -2.21. The summed E-state index contributed by atoms with van der Waals surface area (Å²) in [6, 6.07) is 11.5. The van der Waals surface area contributed by atoms with E-state index in [1.807, 2.05) is 36.4 Å². The summed E-state index contributed by atoms with van der Waals surface area (Å²) in [5.41, 5.74) is 8.79. The van der Waals surface area contributed by atoms with Crippen LogP contribution in [-0.4, -0.2) is 20.8 Å². The second-order valence-electron chi connectivity index (χ2n) is 4.74. The molecule has 0 fully saturated rings. The zero-order chi connectivity index (χ0) is 14.8. The molecule has 1 atom stereocenters. The molecule has 0 saturated heterocycles. The SMILES string of the molecule is NC(=S)N1N=C(c2cccnc2)CC1c1ccc(Cl)cc1. The van der Waals surface area contributed by atoms with Gasteiger partial charge in [0.05, 0.1) is 11.8 Å². The van der Waals surface area contributed by atoms with E-state index in [0.29, 0.717) is 5.02 Å². The van der Waals surface area contributed by atoms with Crippen LogP contribution in [0.3, 0.4) is 0 Å². The summed E-state index contributed by atoms with van der Waals surface area (Å²) in [5, 5.41) is 7.19. The molecule has 0 radical (unpaired) electrons. The average molecular weight is 317 g/mol. The summed E-state index contributed by atoms with van der Waals surface area (Å²) >= 11 is 11.1.